The molecule has 0 spiro atoms. The van der Waals surface area contributed by atoms with E-state index in [1.54, 1.807) is 0 Å². The van der Waals surface area contributed by atoms with Crippen LogP contribution >= 0.6 is 0 Å². The molecule has 1 saturated carbocycles. The Bertz CT molecular complexity index is 446. The first-order chi connectivity index (χ1) is 9.88. The zero-order valence-electron chi connectivity index (χ0n) is 11.8. The first-order valence-electron chi connectivity index (χ1n) is 7.81. The number of rotatable bonds is 4. The van der Waals surface area contributed by atoms with Crippen molar-refractivity contribution in [2.45, 2.75) is 50.1 Å². The molecule has 110 valence electrons. The molecule has 1 unspecified atom stereocenters. The van der Waals surface area contributed by atoms with Gasteiger partial charge < -0.3 is 19.5 Å². The molecule has 1 aromatic rings. The number of anilines is 1. The number of nitrogens with zero attached hydrogens (tertiary/aromatic N) is 3. The molecule has 0 aromatic carbocycles. The smallest absolute Gasteiger partial charge is 0.324 e. The van der Waals surface area contributed by atoms with Crippen molar-refractivity contribution >= 4 is 6.01 Å². The summed E-state index contributed by atoms with van der Waals surface area (Å²) in [7, 11) is 0. The standard InChI is InChI=1S/C14H22N4O2/c1-2-11(1)15-12-3-6-18(7-4-12)14-16-13(17-20-14)10-5-8-19-9-10/h10-12,15H,1-9H2. The zero-order chi connectivity index (χ0) is 13.4. The molecule has 0 radical (unpaired) electrons. The second-order valence-corrected chi connectivity index (χ2v) is 6.20. The third-order valence-corrected chi connectivity index (χ3v) is 4.54. The molecule has 2 saturated heterocycles. The first-order valence-corrected chi connectivity index (χ1v) is 7.81. The third kappa shape index (κ3) is 2.67. The lowest BCUT2D eigenvalue weighted by molar-refractivity contribution is 0.192. The Morgan fingerprint density at radius 2 is 1.85 bits per heavy atom. The Hall–Kier alpha value is -1.14. The van der Waals surface area contributed by atoms with Crippen LogP contribution in [0.5, 0.6) is 0 Å². The minimum absolute atomic E-state index is 0.321. The van der Waals surface area contributed by atoms with Crippen LogP contribution < -0.4 is 10.2 Å². The lowest BCUT2D eigenvalue weighted by atomic mass is 10.1. The number of hydrogen-bond acceptors (Lipinski definition) is 6. The fourth-order valence-corrected chi connectivity index (χ4v) is 3.08. The Balaban J connectivity index is 1.33. The van der Waals surface area contributed by atoms with Crippen molar-refractivity contribution in [1.82, 2.24) is 15.5 Å². The minimum atomic E-state index is 0.321. The van der Waals surface area contributed by atoms with E-state index in [4.69, 9.17) is 9.26 Å². The maximum absolute atomic E-state index is 5.43. The van der Waals surface area contributed by atoms with Crippen LogP contribution in [0.15, 0.2) is 4.52 Å². The van der Waals surface area contributed by atoms with Gasteiger partial charge >= 0.3 is 6.01 Å². The topological polar surface area (TPSA) is 63.4 Å². The predicted octanol–water partition coefficient (Wildman–Crippen LogP) is 1.29. The van der Waals surface area contributed by atoms with Gasteiger partial charge in [0.1, 0.15) is 0 Å². The molecule has 6 nitrogen and oxygen atoms in total. The van der Waals surface area contributed by atoms with Crippen molar-refractivity contribution in [3.63, 3.8) is 0 Å². The Morgan fingerprint density at radius 1 is 1.05 bits per heavy atom. The maximum atomic E-state index is 5.43. The third-order valence-electron chi connectivity index (χ3n) is 4.54. The summed E-state index contributed by atoms with van der Waals surface area (Å²) in [6.07, 6.45) is 6.06. The summed E-state index contributed by atoms with van der Waals surface area (Å²) in [6, 6.07) is 2.16. The molecule has 4 rings (SSSR count). The van der Waals surface area contributed by atoms with Gasteiger partial charge in [0.15, 0.2) is 5.82 Å². The second kappa shape index (κ2) is 5.33. The van der Waals surface area contributed by atoms with Crippen LogP contribution in [0.2, 0.25) is 0 Å². The Morgan fingerprint density at radius 3 is 2.55 bits per heavy atom. The lowest BCUT2D eigenvalue weighted by Gasteiger charge is -2.31. The van der Waals surface area contributed by atoms with E-state index in [1.807, 2.05) is 0 Å². The molecule has 6 heteroatoms. The monoisotopic (exact) mass is 278 g/mol. The highest BCUT2D eigenvalue weighted by atomic mass is 16.5. The molecular weight excluding hydrogens is 256 g/mol. The van der Waals surface area contributed by atoms with Gasteiger partial charge in [-0.3, -0.25) is 0 Å². The molecule has 1 aliphatic carbocycles. The van der Waals surface area contributed by atoms with E-state index >= 15 is 0 Å². The maximum Gasteiger partial charge on any atom is 0.324 e. The van der Waals surface area contributed by atoms with E-state index in [0.29, 0.717) is 18.0 Å². The van der Waals surface area contributed by atoms with Gasteiger partial charge in [-0.1, -0.05) is 5.16 Å². The van der Waals surface area contributed by atoms with Crippen LogP contribution in [-0.2, 0) is 4.74 Å². The van der Waals surface area contributed by atoms with Gasteiger partial charge in [-0.25, -0.2) is 0 Å². The first kappa shape index (κ1) is 12.6. The summed E-state index contributed by atoms with van der Waals surface area (Å²) in [4.78, 5) is 6.78. The van der Waals surface area contributed by atoms with Crippen molar-refractivity contribution in [2.24, 2.45) is 0 Å². The SMILES string of the molecule is C1CC(c2noc(N3CCC(NC4CC4)CC3)n2)CO1. The van der Waals surface area contributed by atoms with Gasteiger partial charge in [-0.15, -0.1) is 0 Å². The van der Waals surface area contributed by atoms with Gasteiger partial charge in [0.05, 0.1) is 6.61 Å². The molecule has 3 heterocycles. The molecule has 1 atom stereocenters. The van der Waals surface area contributed by atoms with Crippen LogP contribution in [0.25, 0.3) is 0 Å². The highest BCUT2D eigenvalue weighted by molar-refractivity contribution is 5.26. The molecule has 3 fully saturated rings. The van der Waals surface area contributed by atoms with Crippen LogP contribution in [0.1, 0.15) is 43.8 Å². The summed E-state index contributed by atoms with van der Waals surface area (Å²) >= 11 is 0. The quantitative estimate of drug-likeness (QED) is 0.895. The van der Waals surface area contributed by atoms with E-state index in [1.165, 1.54) is 25.7 Å². The predicted molar refractivity (Wildman–Crippen MR) is 73.9 cm³/mol. The number of nitrogens with one attached hydrogen (secondary N) is 1. The summed E-state index contributed by atoms with van der Waals surface area (Å²) < 4.78 is 10.8. The highest BCUT2D eigenvalue weighted by Crippen LogP contribution is 2.27. The average Bonchev–Trinajstić information content (AvgIpc) is 2.98. The molecule has 2 aliphatic heterocycles. The molecule has 0 bridgehead atoms. The van der Waals surface area contributed by atoms with E-state index in [-0.39, 0.29) is 0 Å². The van der Waals surface area contributed by atoms with E-state index in [9.17, 15) is 0 Å². The lowest BCUT2D eigenvalue weighted by Crippen LogP contribution is -2.43. The summed E-state index contributed by atoms with van der Waals surface area (Å²) in [5.41, 5.74) is 0. The zero-order valence-corrected chi connectivity index (χ0v) is 11.8. The van der Waals surface area contributed by atoms with Gasteiger partial charge in [0.2, 0.25) is 0 Å². The van der Waals surface area contributed by atoms with Gasteiger partial charge in [0, 0.05) is 37.7 Å². The Kier molecular flexibility index (Phi) is 3.36. The molecular formula is C14H22N4O2. The highest BCUT2D eigenvalue weighted by Gasteiger charge is 2.29. The van der Waals surface area contributed by atoms with Crippen LogP contribution in [0.4, 0.5) is 6.01 Å². The number of hydrogen-bond donors (Lipinski definition) is 1. The van der Waals surface area contributed by atoms with E-state index < -0.39 is 0 Å². The van der Waals surface area contributed by atoms with Crippen molar-refractivity contribution in [3.8, 4) is 0 Å². The fraction of sp³-hybridized carbons (Fsp3) is 0.857. The number of ether oxygens (including phenoxy) is 1. The van der Waals surface area contributed by atoms with Crippen molar-refractivity contribution in [1.29, 1.82) is 0 Å². The van der Waals surface area contributed by atoms with Crippen LogP contribution in [0, 0.1) is 0 Å². The largest absolute Gasteiger partial charge is 0.381 e. The fourth-order valence-electron chi connectivity index (χ4n) is 3.08. The van der Waals surface area contributed by atoms with Gasteiger partial charge in [-0.05, 0) is 32.1 Å². The van der Waals surface area contributed by atoms with Gasteiger partial charge in [0.25, 0.3) is 0 Å². The molecule has 3 aliphatic rings. The summed E-state index contributed by atoms with van der Waals surface area (Å²) in [6.45, 7) is 3.56. The summed E-state index contributed by atoms with van der Waals surface area (Å²) in [5.74, 6) is 1.14. The number of piperidine rings is 1. The average molecular weight is 278 g/mol. The Labute approximate surface area is 118 Å². The minimum Gasteiger partial charge on any atom is -0.381 e. The second-order valence-electron chi connectivity index (χ2n) is 6.20. The normalized spacial score (nSPS) is 28.2. The molecule has 0 amide bonds. The van der Waals surface area contributed by atoms with Gasteiger partial charge in [-0.2, -0.15) is 4.98 Å². The van der Waals surface area contributed by atoms with E-state index in [0.717, 1.165) is 44.6 Å². The number of aromatic nitrogens is 2. The molecule has 1 aromatic heterocycles. The van der Waals surface area contributed by atoms with Crippen molar-refractivity contribution in [3.05, 3.63) is 5.82 Å². The van der Waals surface area contributed by atoms with Crippen molar-refractivity contribution < 1.29 is 9.26 Å². The molecule has 20 heavy (non-hydrogen) atoms. The van der Waals surface area contributed by atoms with E-state index in [2.05, 4.69) is 20.4 Å². The van der Waals surface area contributed by atoms with Crippen LogP contribution in [0.3, 0.4) is 0 Å². The summed E-state index contributed by atoms with van der Waals surface area (Å²) in [5, 5.41) is 7.83. The van der Waals surface area contributed by atoms with Crippen LogP contribution in [-0.4, -0.2) is 48.5 Å². The van der Waals surface area contributed by atoms with Crippen molar-refractivity contribution in [2.75, 3.05) is 31.2 Å². The molecule has 1 N–H and O–H groups in total.